The summed E-state index contributed by atoms with van der Waals surface area (Å²) in [6, 6.07) is 6.42. The number of halogens is 1. The second-order valence-electron chi connectivity index (χ2n) is 8.06. The number of hydrogen-bond donors (Lipinski definition) is 1. The fourth-order valence-corrected chi connectivity index (χ4v) is 4.78. The first-order valence-electron chi connectivity index (χ1n) is 9.89. The van der Waals surface area contributed by atoms with Crippen molar-refractivity contribution in [1.82, 2.24) is 19.3 Å². The predicted octanol–water partition coefficient (Wildman–Crippen LogP) is 4.32. The van der Waals surface area contributed by atoms with Crippen LogP contribution >= 0.6 is 11.3 Å². The van der Waals surface area contributed by atoms with E-state index in [0.29, 0.717) is 16.3 Å². The first-order chi connectivity index (χ1) is 15.0. The van der Waals surface area contributed by atoms with Crippen LogP contribution in [0.15, 0.2) is 30.5 Å². The highest BCUT2D eigenvalue weighted by Crippen LogP contribution is 2.42. The first-order valence-corrected chi connectivity index (χ1v) is 12.1. The van der Waals surface area contributed by atoms with Crippen molar-refractivity contribution in [3.05, 3.63) is 41.3 Å². The van der Waals surface area contributed by atoms with Crippen LogP contribution in [0.5, 0.6) is 6.01 Å². The molecule has 11 heteroatoms. The molecule has 0 bridgehead atoms. The second-order valence-corrected chi connectivity index (χ2v) is 10.8. The molecule has 1 aromatic carbocycles. The first kappa shape index (κ1) is 24.0. The van der Waals surface area contributed by atoms with Gasteiger partial charge in [-0.3, -0.25) is 4.72 Å². The second kappa shape index (κ2) is 9.08. The zero-order valence-corrected chi connectivity index (χ0v) is 20.4. The Balaban J connectivity index is 2.18. The van der Waals surface area contributed by atoms with Crippen LogP contribution < -0.4 is 9.46 Å². The van der Waals surface area contributed by atoms with Gasteiger partial charge in [-0.05, 0) is 18.2 Å². The number of aromatic nitrogens is 3. The fraction of sp³-hybridized carbons (Fsp3) is 0.381. The summed E-state index contributed by atoms with van der Waals surface area (Å²) in [5, 5.41) is 0.788. The Bertz CT molecular complexity index is 1220. The molecule has 0 atom stereocenters. The highest BCUT2D eigenvalue weighted by molar-refractivity contribution is 7.90. The van der Waals surface area contributed by atoms with E-state index in [1.54, 1.807) is 31.3 Å². The van der Waals surface area contributed by atoms with Crippen molar-refractivity contribution in [2.24, 2.45) is 0 Å². The lowest BCUT2D eigenvalue weighted by atomic mass is 9.98. The maximum absolute atomic E-state index is 15.6. The summed E-state index contributed by atoms with van der Waals surface area (Å²) in [5.41, 5.74) is 0.649. The number of benzene rings is 1. The molecule has 3 rings (SSSR count). The lowest BCUT2D eigenvalue weighted by molar-refractivity contribution is 0.380. The van der Waals surface area contributed by atoms with Gasteiger partial charge in [0.05, 0.1) is 34.1 Å². The Hall–Kier alpha value is -2.63. The molecule has 0 fully saturated rings. The number of hydrogen-bond acceptors (Lipinski definition) is 7. The van der Waals surface area contributed by atoms with E-state index in [-0.39, 0.29) is 29.2 Å². The zero-order chi connectivity index (χ0) is 23.7. The molecule has 0 amide bonds. The predicted molar refractivity (Wildman–Crippen MR) is 125 cm³/mol. The Morgan fingerprint density at radius 2 is 1.94 bits per heavy atom. The molecule has 2 aromatic heterocycles. The highest BCUT2D eigenvalue weighted by atomic mass is 32.2. The Morgan fingerprint density at radius 3 is 2.56 bits per heavy atom. The van der Waals surface area contributed by atoms with Gasteiger partial charge in [0.2, 0.25) is 0 Å². The van der Waals surface area contributed by atoms with Crippen LogP contribution in [0, 0.1) is 5.82 Å². The normalized spacial score (nSPS) is 12.2. The van der Waals surface area contributed by atoms with Crippen LogP contribution in [0.25, 0.3) is 21.8 Å². The van der Waals surface area contributed by atoms with E-state index in [4.69, 9.17) is 9.72 Å². The molecular formula is C21H26FN5O3S2. The van der Waals surface area contributed by atoms with Crippen LogP contribution in [-0.2, 0) is 15.6 Å². The lowest BCUT2D eigenvalue weighted by Gasteiger charge is -2.17. The number of nitrogens with one attached hydrogen (secondary N) is 1. The summed E-state index contributed by atoms with van der Waals surface area (Å²) in [5.74, 6) is -0.714. The van der Waals surface area contributed by atoms with E-state index in [1.165, 1.54) is 31.6 Å². The average molecular weight is 480 g/mol. The fourth-order valence-electron chi connectivity index (χ4n) is 2.74. The highest BCUT2D eigenvalue weighted by Gasteiger charge is 2.27. The van der Waals surface area contributed by atoms with Gasteiger partial charge in [-0.15, -0.1) is 11.3 Å². The zero-order valence-electron chi connectivity index (χ0n) is 18.8. The van der Waals surface area contributed by atoms with Crippen molar-refractivity contribution < 1.29 is 17.5 Å². The summed E-state index contributed by atoms with van der Waals surface area (Å²) in [6.07, 6.45) is 1.56. The minimum Gasteiger partial charge on any atom is -0.467 e. The van der Waals surface area contributed by atoms with Gasteiger partial charge in [0.15, 0.2) is 5.82 Å². The van der Waals surface area contributed by atoms with E-state index in [2.05, 4.69) is 14.7 Å². The third kappa shape index (κ3) is 4.89. The summed E-state index contributed by atoms with van der Waals surface area (Å²) in [4.78, 5) is 13.8. The monoisotopic (exact) mass is 479 g/mol. The van der Waals surface area contributed by atoms with Gasteiger partial charge >= 0.3 is 16.2 Å². The minimum atomic E-state index is -3.89. The summed E-state index contributed by atoms with van der Waals surface area (Å²) < 4.78 is 49.0. The molecule has 172 valence electrons. The molecule has 0 saturated carbocycles. The molecule has 8 nitrogen and oxygen atoms in total. The van der Waals surface area contributed by atoms with Crippen molar-refractivity contribution in [1.29, 1.82) is 0 Å². The van der Waals surface area contributed by atoms with Crippen LogP contribution in [-0.4, -0.2) is 48.4 Å². The number of anilines is 1. The molecule has 0 aliphatic rings. The maximum Gasteiger partial charge on any atom is 0.316 e. The van der Waals surface area contributed by atoms with E-state index in [0.717, 1.165) is 9.31 Å². The summed E-state index contributed by atoms with van der Waals surface area (Å²) in [6.45, 7) is 7.99. The molecule has 3 aromatic rings. The van der Waals surface area contributed by atoms with Crippen molar-refractivity contribution in [3.8, 4) is 27.8 Å². The third-order valence-corrected chi connectivity index (χ3v) is 7.73. The number of methoxy groups -OCH3 is 1. The molecule has 0 unspecified atom stereocenters. The van der Waals surface area contributed by atoms with Gasteiger partial charge in [-0.2, -0.15) is 17.7 Å². The standard InChI is InChI=1S/C21H26FN5O3S2/c1-7-27(5)32(28,29)26-14-10-8-9-13(16(14)22)17-18(31-19(25-17)21(2,3)4)15-11-12-23-20(24-15)30-6/h8-12,26H,7H2,1-6H3. The van der Waals surface area contributed by atoms with Crippen molar-refractivity contribution in [2.75, 3.05) is 25.4 Å². The molecule has 0 radical (unpaired) electrons. The third-order valence-electron chi connectivity index (χ3n) is 4.67. The van der Waals surface area contributed by atoms with E-state index in [9.17, 15) is 8.42 Å². The van der Waals surface area contributed by atoms with Crippen LogP contribution in [0.2, 0.25) is 0 Å². The molecular weight excluding hydrogens is 453 g/mol. The Labute approximate surface area is 191 Å². The summed E-state index contributed by atoms with van der Waals surface area (Å²) >= 11 is 1.40. The molecule has 0 spiro atoms. The quantitative estimate of drug-likeness (QED) is 0.542. The van der Waals surface area contributed by atoms with Gasteiger partial charge in [0.1, 0.15) is 0 Å². The number of nitrogens with zero attached hydrogens (tertiary/aromatic N) is 4. The average Bonchev–Trinajstić information content (AvgIpc) is 3.20. The molecule has 0 aliphatic carbocycles. The summed E-state index contributed by atoms with van der Waals surface area (Å²) in [7, 11) is -1.00. The van der Waals surface area contributed by atoms with Gasteiger partial charge in [-0.25, -0.2) is 14.4 Å². The number of ether oxygens (including phenoxy) is 1. The van der Waals surface area contributed by atoms with E-state index >= 15 is 4.39 Å². The van der Waals surface area contributed by atoms with Crippen molar-refractivity contribution in [2.45, 2.75) is 33.1 Å². The van der Waals surface area contributed by atoms with Crippen LogP contribution in [0.4, 0.5) is 10.1 Å². The SMILES string of the molecule is CCN(C)S(=O)(=O)Nc1cccc(-c2nc(C(C)(C)C)sc2-c2ccnc(OC)n2)c1F. The van der Waals surface area contributed by atoms with Gasteiger partial charge in [0.25, 0.3) is 0 Å². The van der Waals surface area contributed by atoms with Crippen molar-refractivity contribution >= 4 is 27.2 Å². The molecule has 0 aliphatic heterocycles. The van der Waals surface area contributed by atoms with E-state index < -0.39 is 16.0 Å². The van der Waals surface area contributed by atoms with Gasteiger partial charge in [0, 0.05) is 30.8 Å². The van der Waals surface area contributed by atoms with Gasteiger partial charge < -0.3 is 4.74 Å². The largest absolute Gasteiger partial charge is 0.467 e. The Kier molecular flexibility index (Phi) is 6.82. The molecule has 1 N–H and O–H groups in total. The molecule has 32 heavy (non-hydrogen) atoms. The number of rotatable bonds is 7. The Morgan fingerprint density at radius 1 is 1.22 bits per heavy atom. The molecule has 2 heterocycles. The van der Waals surface area contributed by atoms with Gasteiger partial charge in [-0.1, -0.05) is 33.8 Å². The smallest absolute Gasteiger partial charge is 0.316 e. The van der Waals surface area contributed by atoms with Crippen molar-refractivity contribution in [3.63, 3.8) is 0 Å². The number of thiazole rings is 1. The molecule has 0 saturated heterocycles. The van der Waals surface area contributed by atoms with Crippen LogP contribution in [0.1, 0.15) is 32.7 Å². The maximum atomic E-state index is 15.6. The topological polar surface area (TPSA) is 97.3 Å². The van der Waals surface area contributed by atoms with E-state index in [1.807, 2.05) is 20.8 Å². The lowest BCUT2D eigenvalue weighted by Crippen LogP contribution is -2.32. The van der Waals surface area contributed by atoms with Crippen LogP contribution in [0.3, 0.4) is 0 Å². The minimum absolute atomic E-state index is 0.153.